The second-order valence-corrected chi connectivity index (χ2v) is 5.45. The maximum atomic E-state index is 13.2. The normalized spacial score (nSPS) is 14.6. The third-order valence-electron chi connectivity index (χ3n) is 3.38. The Hall–Kier alpha value is -0.510. The van der Waals surface area contributed by atoms with Crippen LogP contribution in [0, 0.1) is 5.95 Å². The zero-order valence-corrected chi connectivity index (χ0v) is 12.3. The minimum atomic E-state index is -0.502. The van der Waals surface area contributed by atoms with Crippen molar-refractivity contribution in [3.05, 3.63) is 22.4 Å². The number of halogens is 2. The lowest BCUT2D eigenvalue weighted by molar-refractivity contribution is 0.377. The van der Waals surface area contributed by atoms with Crippen molar-refractivity contribution in [1.82, 2.24) is 9.97 Å². The molecule has 0 amide bonds. The molecule has 0 aliphatic carbocycles. The monoisotopic (exact) mass is 302 g/mol. The topological polar surface area (TPSA) is 25.8 Å². The van der Waals surface area contributed by atoms with Crippen molar-refractivity contribution in [2.75, 3.05) is 0 Å². The third kappa shape index (κ3) is 3.73. The van der Waals surface area contributed by atoms with Crippen molar-refractivity contribution in [2.45, 2.75) is 58.3 Å². The van der Waals surface area contributed by atoms with Gasteiger partial charge in [0.05, 0.1) is 11.9 Å². The van der Waals surface area contributed by atoms with Crippen LogP contribution in [0.5, 0.6) is 0 Å². The highest BCUT2D eigenvalue weighted by Crippen LogP contribution is 2.35. The van der Waals surface area contributed by atoms with Gasteiger partial charge in [0, 0.05) is 5.41 Å². The van der Waals surface area contributed by atoms with Crippen LogP contribution in [-0.2, 0) is 5.41 Å². The van der Waals surface area contributed by atoms with Crippen LogP contribution < -0.4 is 0 Å². The second-order valence-electron chi connectivity index (χ2n) is 4.70. The minimum absolute atomic E-state index is 0.0941. The fourth-order valence-corrected chi connectivity index (χ4v) is 2.63. The summed E-state index contributed by atoms with van der Waals surface area (Å²) in [5.74, 6) is -0.502. The Balaban J connectivity index is 2.94. The predicted octanol–water partition coefficient (Wildman–Crippen LogP) is 4.63. The lowest BCUT2D eigenvalue weighted by atomic mass is 9.79. The second kappa shape index (κ2) is 6.43. The zero-order valence-electron chi connectivity index (χ0n) is 10.8. The first-order valence-electron chi connectivity index (χ1n) is 6.22. The number of nitrogens with zero attached hydrogens (tertiary/aromatic N) is 2. The molecule has 4 heteroatoms. The zero-order chi connectivity index (χ0) is 12.9. The SMILES string of the molecule is CCCCCC(C)(CC)c1nc(F)cnc1Br. The van der Waals surface area contributed by atoms with Crippen LogP contribution in [-0.4, -0.2) is 9.97 Å². The van der Waals surface area contributed by atoms with E-state index in [1.54, 1.807) is 0 Å². The number of unbranched alkanes of at least 4 members (excludes halogenated alkanes) is 2. The van der Waals surface area contributed by atoms with Gasteiger partial charge in [-0.2, -0.15) is 4.39 Å². The minimum Gasteiger partial charge on any atom is -0.243 e. The molecule has 1 heterocycles. The van der Waals surface area contributed by atoms with Crippen LogP contribution in [0.4, 0.5) is 4.39 Å². The molecule has 1 aromatic heterocycles. The molecule has 0 saturated heterocycles. The summed E-state index contributed by atoms with van der Waals surface area (Å²) in [6.45, 7) is 6.43. The van der Waals surface area contributed by atoms with Crippen molar-refractivity contribution in [2.24, 2.45) is 0 Å². The lowest BCUT2D eigenvalue weighted by Crippen LogP contribution is -2.24. The van der Waals surface area contributed by atoms with Crippen molar-refractivity contribution in [1.29, 1.82) is 0 Å². The number of hydrogen-bond acceptors (Lipinski definition) is 2. The van der Waals surface area contributed by atoms with Gasteiger partial charge in [0.2, 0.25) is 5.95 Å². The molecular formula is C13H20BrFN2. The average Bonchev–Trinajstić information content (AvgIpc) is 2.32. The van der Waals surface area contributed by atoms with Gasteiger partial charge in [-0.3, -0.25) is 0 Å². The van der Waals surface area contributed by atoms with Gasteiger partial charge in [0.25, 0.3) is 0 Å². The molecule has 0 radical (unpaired) electrons. The van der Waals surface area contributed by atoms with E-state index in [9.17, 15) is 4.39 Å². The summed E-state index contributed by atoms with van der Waals surface area (Å²) in [5.41, 5.74) is 0.652. The molecule has 1 aromatic rings. The van der Waals surface area contributed by atoms with Gasteiger partial charge in [-0.15, -0.1) is 0 Å². The summed E-state index contributed by atoms with van der Waals surface area (Å²) in [6.07, 6.45) is 6.65. The van der Waals surface area contributed by atoms with Crippen LogP contribution in [0.2, 0.25) is 0 Å². The van der Waals surface area contributed by atoms with Gasteiger partial charge < -0.3 is 0 Å². The average molecular weight is 303 g/mol. The van der Waals surface area contributed by atoms with Gasteiger partial charge in [0.1, 0.15) is 4.60 Å². The largest absolute Gasteiger partial charge is 0.243 e. The van der Waals surface area contributed by atoms with Crippen LogP contribution in [0.15, 0.2) is 10.8 Å². The Morgan fingerprint density at radius 1 is 1.35 bits per heavy atom. The molecule has 96 valence electrons. The van der Waals surface area contributed by atoms with E-state index < -0.39 is 5.95 Å². The van der Waals surface area contributed by atoms with Gasteiger partial charge >= 0.3 is 0 Å². The standard InChI is InChI=1S/C13H20BrFN2/c1-4-6-7-8-13(3,5-2)11-12(14)16-9-10(15)17-11/h9H,4-8H2,1-3H3. The number of rotatable bonds is 6. The molecule has 0 aliphatic heterocycles. The molecule has 0 N–H and O–H groups in total. The Kier molecular flexibility index (Phi) is 5.50. The summed E-state index contributed by atoms with van der Waals surface area (Å²) < 4.78 is 13.9. The smallest absolute Gasteiger partial charge is 0.231 e. The first kappa shape index (κ1) is 14.6. The van der Waals surface area contributed by atoms with E-state index in [-0.39, 0.29) is 5.41 Å². The maximum absolute atomic E-state index is 13.2. The van der Waals surface area contributed by atoms with Crippen LogP contribution >= 0.6 is 15.9 Å². The molecule has 0 saturated carbocycles. The summed E-state index contributed by atoms with van der Waals surface area (Å²) in [6, 6.07) is 0. The highest BCUT2D eigenvalue weighted by atomic mass is 79.9. The maximum Gasteiger partial charge on any atom is 0.231 e. The van der Waals surface area contributed by atoms with E-state index >= 15 is 0 Å². The van der Waals surface area contributed by atoms with E-state index in [0.29, 0.717) is 4.60 Å². The summed E-state index contributed by atoms with van der Waals surface area (Å²) >= 11 is 3.38. The van der Waals surface area contributed by atoms with E-state index in [1.165, 1.54) is 12.8 Å². The summed E-state index contributed by atoms with van der Waals surface area (Å²) in [5, 5.41) is 0. The first-order chi connectivity index (χ1) is 8.03. The molecular weight excluding hydrogens is 283 g/mol. The fourth-order valence-electron chi connectivity index (χ4n) is 1.96. The Morgan fingerprint density at radius 2 is 2.06 bits per heavy atom. The Bertz CT molecular complexity index is 370. The fraction of sp³-hybridized carbons (Fsp3) is 0.692. The third-order valence-corrected chi connectivity index (χ3v) is 3.96. The molecule has 1 unspecified atom stereocenters. The molecule has 1 atom stereocenters. The van der Waals surface area contributed by atoms with Crippen LogP contribution in [0.25, 0.3) is 0 Å². The highest BCUT2D eigenvalue weighted by Gasteiger charge is 2.29. The molecule has 0 aliphatic rings. The van der Waals surface area contributed by atoms with Crippen LogP contribution in [0.3, 0.4) is 0 Å². The number of aromatic nitrogens is 2. The van der Waals surface area contributed by atoms with Gasteiger partial charge in [-0.05, 0) is 28.8 Å². The van der Waals surface area contributed by atoms with Crippen molar-refractivity contribution < 1.29 is 4.39 Å². The molecule has 0 bridgehead atoms. The predicted molar refractivity (Wildman–Crippen MR) is 71.5 cm³/mol. The van der Waals surface area contributed by atoms with Gasteiger partial charge in [-0.25, -0.2) is 9.97 Å². The van der Waals surface area contributed by atoms with Gasteiger partial charge in [-0.1, -0.05) is 40.0 Å². The summed E-state index contributed by atoms with van der Waals surface area (Å²) in [7, 11) is 0. The lowest BCUT2D eigenvalue weighted by Gasteiger charge is -2.28. The van der Waals surface area contributed by atoms with Crippen molar-refractivity contribution in [3.8, 4) is 0 Å². The van der Waals surface area contributed by atoms with Crippen molar-refractivity contribution >= 4 is 15.9 Å². The van der Waals surface area contributed by atoms with E-state index in [1.807, 2.05) is 0 Å². The molecule has 1 rings (SSSR count). The van der Waals surface area contributed by atoms with Gasteiger partial charge in [0.15, 0.2) is 0 Å². The molecule has 17 heavy (non-hydrogen) atoms. The van der Waals surface area contributed by atoms with Crippen LogP contribution in [0.1, 0.15) is 58.6 Å². The molecule has 0 spiro atoms. The first-order valence-corrected chi connectivity index (χ1v) is 7.01. The van der Waals surface area contributed by atoms with E-state index in [2.05, 4.69) is 46.7 Å². The molecule has 0 fully saturated rings. The molecule has 2 nitrogen and oxygen atoms in total. The van der Waals surface area contributed by atoms with Crippen molar-refractivity contribution in [3.63, 3.8) is 0 Å². The highest BCUT2D eigenvalue weighted by molar-refractivity contribution is 9.10. The van der Waals surface area contributed by atoms with E-state index in [0.717, 1.165) is 31.2 Å². The van der Waals surface area contributed by atoms with E-state index in [4.69, 9.17) is 0 Å². The quantitative estimate of drug-likeness (QED) is 0.716. The Labute approximate surface area is 111 Å². The Morgan fingerprint density at radius 3 is 2.65 bits per heavy atom. The molecule has 0 aromatic carbocycles. The number of hydrogen-bond donors (Lipinski definition) is 0. The summed E-state index contributed by atoms with van der Waals surface area (Å²) in [4.78, 5) is 8.02.